The number of hydrogen-bond donors (Lipinski definition) is 2. The third-order valence-electron chi connectivity index (χ3n) is 4.22. The van der Waals surface area contributed by atoms with E-state index in [1.165, 1.54) is 16.9 Å². The Kier molecular flexibility index (Phi) is 6.73. The molecule has 2 amide bonds. The molecule has 4 nitrogen and oxygen atoms in total. The normalized spacial score (nSPS) is 10.6. The summed E-state index contributed by atoms with van der Waals surface area (Å²) in [6.45, 7) is 0. The van der Waals surface area contributed by atoms with Crippen LogP contribution in [0.1, 0.15) is 28.8 Å². The van der Waals surface area contributed by atoms with Gasteiger partial charge in [-0.15, -0.1) is 11.3 Å². The second kappa shape index (κ2) is 9.24. The van der Waals surface area contributed by atoms with Crippen LogP contribution in [-0.4, -0.2) is 11.8 Å². The molecule has 0 spiro atoms. The van der Waals surface area contributed by atoms with Crippen molar-refractivity contribution in [2.75, 3.05) is 5.32 Å². The number of hydrogen-bond acceptors (Lipinski definition) is 3. The molecule has 3 N–H and O–H groups in total. The molecule has 1 heterocycles. The number of halogens is 2. The summed E-state index contributed by atoms with van der Waals surface area (Å²) >= 11 is 13.5. The highest BCUT2D eigenvalue weighted by molar-refractivity contribution is 7.15. The average Bonchev–Trinajstić information content (AvgIpc) is 3.06. The zero-order valence-corrected chi connectivity index (χ0v) is 17.2. The Hall–Kier alpha value is -2.34. The van der Waals surface area contributed by atoms with Gasteiger partial charge < -0.3 is 11.1 Å². The quantitative estimate of drug-likeness (QED) is 0.496. The molecule has 0 saturated heterocycles. The van der Waals surface area contributed by atoms with Crippen LogP contribution in [0.4, 0.5) is 5.00 Å². The number of benzene rings is 2. The minimum Gasteiger partial charge on any atom is -0.365 e. The Balaban J connectivity index is 1.72. The van der Waals surface area contributed by atoms with E-state index in [0.29, 0.717) is 39.0 Å². The Morgan fingerprint density at radius 2 is 1.79 bits per heavy atom. The van der Waals surface area contributed by atoms with Gasteiger partial charge >= 0.3 is 0 Å². The smallest absolute Gasteiger partial charge is 0.252 e. The van der Waals surface area contributed by atoms with Crippen LogP contribution in [-0.2, 0) is 11.2 Å². The lowest BCUT2D eigenvalue weighted by atomic mass is 10.0. The standard InChI is InChI=1S/C21H18Cl2N2O2S/c22-14-9-10-15(17(23)11-14)16-12-28-21(19(16)20(24)27)25-18(26)8-4-7-13-5-2-1-3-6-13/h1-3,5-6,9-12H,4,7-8H2,(H2,24,27)(H,25,26). The van der Waals surface area contributed by atoms with E-state index >= 15 is 0 Å². The molecule has 3 aromatic rings. The highest BCUT2D eigenvalue weighted by Crippen LogP contribution is 2.39. The number of rotatable bonds is 7. The van der Waals surface area contributed by atoms with Crippen molar-refractivity contribution in [1.29, 1.82) is 0 Å². The van der Waals surface area contributed by atoms with Gasteiger partial charge in [0.25, 0.3) is 5.91 Å². The maximum absolute atomic E-state index is 12.3. The number of carbonyl (C=O) groups excluding carboxylic acids is 2. The van der Waals surface area contributed by atoms with E-state index in [1.807, 2.05) is 30.3 Å². The minimum absolute atomic E-state index is 0.158. The van der Waals surface area contributed by atoms with Crippen molar-refractivity contribution in [3.8, 4) is 11.1 Å². The van der Waals surface area contributed by atoms with E-state index < -0.39 is 5.91 Å². The first-order valence-corrected chi connectivity index (χ1v) is 10.3. The lowest BCUT2D eigenvalue weighted by Gasteiger charge is -2.08. The first-order valence-electron chi connectivity index (χ1n) is 8.66. The average molecular weight is 433 g/mol. The van der Waals surface area contributed by atoms with E-state index in [0.717, 1.165) is 6.42 Å². The Morgan fingerprint density at radius 1 is 1.04 bits per heavy atom. The second-order valence-electron chi connectivity index (χ2n) is 6.23. The van der Waals surface area contributed by atoms with Crippen molar-refractivity contribution < 1.29 is 9.59 Å². The maximum atomic E-state index is 12.3. The fraction of sp³-hybridized carbons (Fsp3) is 0.143. The van der Waals surface area contributed by atoms with E-state index in [-0.39, 0.29) is 11.5 Å². The van der Waals surface area contributed by atoms with Crippen LogP contribution in [0.25, 0.3) is 11.1 Å². The molecule has 2 aromatic carbocycles. The number of nitrogens with two attached hydrogens (primary N) is 1. The van der Waals surface area contributed by atoms with Crippen LogP contribution in [0.15, 0.2) is 53.9 Å². The Morgan fingerprint density at radius 3 is 2.46 bits per heavy atom. The molecule has 0 aliphatic carbocycles. The van der Waals surface area contributed by atoms with Crippen LogP contribution in [0.3, 0.4) is 0 Å². The monoisotopic (exact) mass is 432 g/mol. The lowest BCUT2D eigenvalue weighted by Crippen LogP contribution is -2.17. The van der Waals surface area contributed by atoms with E-state index in [9.17, 15) is 9.59 Å². The molecule has 0 aliphatic rings. The van der Waals surface area contributed by atoms with Gasteiger partial charge in [0.05, 0.1) is 5.56 Å². The van der Waals surface area contributed by atoms with Crippen LogP contribution < -0.4 is 11.1 Å². The summed E-state index contributed by atoms with van der Waals surface area (Å²) < 4.78 is 0. The summed E-state index contributed by atoms with van der Waals surface area (Å²) in [4.78, 5) is 24.4. The van der Waals surface area contributed by atoms with Gasteiger partial charge in [-0.2, -0.15) is 0 Å². The van der Waals surface area contributed by atoms with Crippen LogP contribution in [0.2, 0.25) is 10.0 Å². The van der Waals surface area contributed by atoms with Crippen molar-refractivity contribution in [1.82, 2.24) is 0 Å². The first kappa shape index (κ1) is 20.4. The predicted molar refractivity (Wildman–Crippen MR) is 116 cm³/mol. The summed E-state index contributed by atoms with van der Waals surface area (Å²) in [5, 5.41) is 5.90. The van der Waals surface area contributed by atoms with Crippen molar-refractivity contribution in [2.45, 2.75) is 19.3 Å². The van der Waals surface area contributed by atoms with Gasteiger partial charge in [-0.25, -0.2) is 0 Å². The summed E-state index contributed by atoms with van der Waals surface area (Å²) in [6.07, 6.45) is 1.87. The second-order valence-corrected chi connectivity index (χ2v) is 7.95. The van der Waals surface area contributed by atoms with Gasteiger partial charge in [0.2, 0.25) is 5.91 Å². The van der Waals surface area contributed by atoms with Crippen LogP contribution in [0.5, 0.6) is 0 Å². The molecule has 28 heavy (non-hydrogen) atoms. The van der Waals surface area contributed by atoms with Gasteiger partial charge in [-0.3, -0.25) is 9.59 Å². The molecular formula is C21H18Cl2N2O2S. The highest BCUT2D eigenvalue weighted by atomic mass is 35.5. The fourth-order valence-electron chi connectivity index (χ4n) is 2.89. The van der Waals surface area contributed by atoms with E-state index in [4.69, 9.17) is 28.9 Å². The van der Waals surface area contributed by atoms with Crippen LogP contribution >= 0.6 is 34.5 Å². The predicted octanol–water partition coefficient (Wildman–Crippen LogP) is 5.78. The zero-order chi connectivity index (χ0) is 20.1. The molecule has 144 valence electrons. The van der Waals surface area contributed by atoms with Crippen molar-refractivity contribution >= 4 is 51.4 Å². The van der Waals surface area contributed by atoms with Crippen molar-refractivity contribution in [3.63, 3.8) is 0 Å². The molecule has 7 heteroatoms. The summed E-state index contributed by atoms with van der Waals surface area (Å²) in [5.74, 6) is -0.782. The van der Waals surface area contributed by atoms with Crippen molar-refractivity contribution in [2.24, 2.45) is 5.73 Å². The molecule has 0 unspecified atom stereocenters. The van der Waals surface area contributed by atoms with E-state index in [1.54, 1.807) is 23.6 Å². The third kappa shape index (κ3) is 4.93. The van der Waals surface area contributed by atoms with Gasteiger partial charge in [-0.05, 0) is 30.5 Å². The Labute approximate surface area is 177 Å². The molecule has 0 radical (unpaired) electrons. The van der Waals surface area contributed by atoms with Gasteiger partial charge in [0.15, 0.2) is 0 Å². The number of carbonyl (C=O) groups is 2. The largest absolute Gasteiger partial charge is 0.365 e. The number of aryl methyl sites for hydroxylation is 1. The lowest BCUT2D eigenvalue weighted by molar-refractivity contribution is -0.116. The van der Waals surface area contributed by atoms with Gasteiger partial charge in [-0.1, -0.05) is 59.6 Å². The molecule has 3 rings (SSSR count). The Bertz CT molecular complexity index is 1000. The van der Waals surface area contributed by atoms with Crippen molar-refractivity contribution in [3.05, 3.63) is 75.1 Å². The van der Waals surface area contributed by atoms with Gasteiger partial charge in [0, 0.05) is 33.0 Å². The SMILES string of the molecule is NC(=O)c1c(-c2ccc(Cl)cc2Cl)csc1NC(=O)CCCc1ccccc1. The summed E-state index contributed by atoms with van der Waals surface area (Å²) in [6, 6.07) is 15.0. The molecule has 0 bridgehead atoms. The van der Waals surface area contributed by atoms with Gasteiger partial charge in [0.1, 0.15) is 5.00 Å². The summed E-state index contributed by atoms with van der Waals surface area (Å²) in [5.41, 5.74) is 8.24. The molecule has 0 atom stereocenters. The molecule has 0 fully saturated rings. The molecule has 0 aliphatic heterocycles. The topological polar surface area (TPSA) is 72.2 Å². The number of anilines is 1. The fourth-order valence-corrected chi connectivity index (χ4v) is 4.38. The molecule has 0 saturated carbocycles. The van der Waals surface area contributed by atoms with E-state index in [2.05, 4.69) is 5.32 Å². The first-order chi connectivity index (χ1) is 13.5. The van der Waals surface area contributed by atoms with Crippen LogP contribution in [0, 0.1) is 0 Å². The third-order valence-corrected chi connectivity index (χ3v) is 5.67. The summed E-state index contributed by atoms with van der Waals surface area (Å²) in [7, 11) is 0. The maximum Gasteiger partial charge on any atom is 0.252 e. The number of nitrogens with one attached hydrogen (secondary N) is 1. The number of thiophene rings is 1. The number of amides is 2. The number of primary amides is 1. The zero-order valence-electron chi connectivity index (χ0n) is 14.9. The highest BCUT2D eigenvalue weighted by Gasteiger charge is 2.21. The molecular weight excluding hydrogens is 415 g/mol. The minimum atomic E-state index is -0.623. The molecule has 1 aromatic heterocycles.